The molecular weight excluding hydrogens is 656 g/mol. The first-order valence-electron chi connectivity index (χ1n) is 17.1. The molecule has 4 aromatic rings. The fraction of sp³-hybridized carbons (Fsp3) is 0.447. The maximum atomic E-state index is 13.9. The number of hydrogen-bond acceptors (Lipinski definition) is 9. The average Bonchev–Trinajstić information content (AvgIpc) is 3.74. The molecule has 2 aliphatic heterocycles. The highest BCUT2D eigenvalue weighted by atomic mass is 35.5. The lowest BCUT2D eigenvalue weighted by Crippen LogP contribution is -2.42. The number of carbonyl (C=O) groups is 1. The summed E-state index contributed by atoms with van der Waals surface area (Å²) in [6.07, 6.45) is 3.77. The van der Waals surface area contributed by atoms with E-state index in [-0.39, 0.29) is 17.9 Å². The lowest BCUT2D eigenvalue weighted by molar-refractivity contribution is 0.0779. The number of benzene rings is 3. The highest BCUT2D eigenvalue weighted by Gasteiger charge is 2.42. The molecule has 1 unspecified atom stereocenters. The summed E-state index contributed by atoms with van der Waals surface area (Å²) in [5.74, 6) is 2.16. The van der Waals surface area contributed by atoms with Crippen LogP contribution in [0.3, 0.4) is 0 Å². The highest BCUT2D eigenvalue weighted by molar-refractivity contribution is 6.30. The lowest BCUT2D eigenvalue weighted by atomic mass is 9.76. The van der Waals surface area contributed by atoms with Crippen LogP contribution in [0.1, 0.15) is 41.6 Å². The van der Waals surface area contributed by atoms with Gasteiger partial charge in [0.25, 0.3) is 5.91 Å². The summed E-state index contributed by atoms with van der Waals surface area (Å²) in [6, 6.07) is 22.0. The molecule has 0 aliphatic carbocycles. The van der Waals surface area contributed by atoms with Gasteiger partial charge in [-0.2, -0.15) is 5.26 Å². The molecule has 1 amide bonds. The third-order valence-corrected chi connectivity index (χ3v) is 10.4. The quantitative estimate of drug-likeness (QED) is 0.158. The third-order valence-electron chi connectivity index (χ3n) is 10.1. The number of anilines is 1. The largest absolute Gasteiger partial charge is 0.493 e. The molecule has 1 atom stereocenters. The van der Waals surface area contributed by atoms with Crippen LogP contribution < -0.4 is 19.5 Å². The molecule has 2 aliphatic rings. The Bertz CT molecular complexity index is 1790. The SMILES string of the molecule is COc1cc(C(=O)N2CCC(CCN3CCC(Nc4nc5ccccc5n4CCOCC#N)CC3)(c3ccc(Cl)cc3)C2)cc(OC)c1OC. The van der Waals surface area contributed by atoms with Crippen LogP contribution in [0.2, 0.25) is 5.02 Å². The second-order valence-electron chi connectivity index (χ2n) is 13.0. The molecule has 0 saturated carbocycles. The highest BCUT2D eigenvalue weighted by Crippen LogP contribution is 2.42. The van der Waals surface area contributed by atoms with Gasteiger partial charge in [0.15, 0.2) is 11.5 Å². The van der Waals surface area contributed by atoms with E-state index < -0.39 is 0 Å². The van der Waals surface area contributed by atoms with Crippen LogP contribution in [-0.2, 0) is 16.7 Å². The zero-order valence-electron chi connectivity index (χ0n) is 29.0. The number of nitrogens with zero attached hydrogens (tertiary/aromatic N) is 5. The number of ether oxygens (including phenoxy) is 4. The molecule has 0 bridgehead atoms. The van der Waals surface area contributed by atoms with Gasteiger partial charge >= 0.3 is 0 Å². The van der Waals surface area contributed by atoms with Crippen molar-refractivity contribution in [2.45, 2.75) is 43.7 Å². The summed E-state index contributed by atoms with van der Waals surface area (Å²) < 4.78 is 24.1. The van der Waals surface area contributed by atoms with Crippen LogP contribution in [0.25, 0.3) is 11.0 Å². The maximum Gasteiger partial charge on any atom is 0.254 e. The fourth-order valence-electron chi connectivity index (χ4n) is 7.36. The van der Waals surface area contributed by atoms with E-state index in [1.807, 2.05) is 41.3 Å². The van der Waals surface area contributed by atoms with E-state index in [9.17, 15) is 4.79 Å². The maximum absolute atomic E-state index is 13.9. The predicted octanol–water partition coefficient (Wildman–Crippen LogP) is 6.01. The summed E-state index contributed by atoms with van der Waals surface area (Å²) in [5.41, 5.74) is 3.50. The average molecular weight is 701 g/mol. The van der Waals surface area contributed by atoms with Crippen molar-refractivity contribution >= 4 is 34.5 Å². The van der Waals surface area contributed by atoms with Crippen molar-refractivity contribution < 1.29 is 23.7 Å². The summed E-state index contributed by atoms with van der Waals surface area (Å²) >= 11 is 6.31. The van der Waals surface area contributed by atoms with E-state index in [0.717, 1.165) is 62.3 Å². The predicted molar refractivity (Wildman–Crippen MR) is 194 cm³/mol. The van der Waals surface area contributed by atoms with Crippen molar-refractivity contribution in [1.29, 1.82) is 5.26 Å². The van der Waals surface area contributed by atoms with Gasteiger partial charge in [0, 0.05) is 54.8 Å². The third kappa shape index (κ3) is 7.63. The Hall–Kier alpha value is -4.50. The van der Waals surface area contributed by atoms with E-state index in [4.69, 9.17) is 40.8 Å². The number of rotatable bonds is 14. The number of nitrogens with one attached hydrogen (secondary N) is 1. The van der Waals surface area contributed by atoms with Crippen molar-refractivity contribution in [2.24, 2.45) is 0 Å². The summed E-state index contributed by atoms with van der Waals surface area (Å²) in [7, 11) is 4.66. The minimum atomic E-state index is -0.200. The molecule has 50 heavy (non-hydrogen) atoms. The number of amides is 1. The number of piperidine rings is 1. The summed E-state index contributed by atoms with van der Waals surface area (Å²) in [5, 5.41) is 13.3. The molecule has 3 heterocycles. The lowest BCUT2D eigenvalue weighted by Gasteiger charge is -2.36. The first-order valence-corrected chi connectivity index (χ1v) is 17.5. The molecule has 2 saturated heterocycles. The number of likely N-dealkylation sites (tertiary alicyclic amines) is 2. The van der Waals surface area contributed by atoms with Crippen LogP contribution in [-0.4, -0.2) is 98.6 Å². The number of methoxy groups -OCH3 is 3. The molecule has 2 fully saturated rings. The molecule has 264 valence electrons. The second-order valence-corrected chi connectivity index (χ2v) is 13.4. The van der Waals surface area contributed by atoms with Gasteiger partial charge in [-0.25, -0.2) is 4.98 Å². The normalized spacial score (nSPS) is 18.3. The van der Waals surface area contributed by atoms with Gasteiger partial charge < -0.3 is 38.6 Å². The van der Waals surface area contributed by atoms with E-state index in [2.05, 4.69) is 33.0 Å². The van der Waals surface area contributed by atoms with Gasteiger partial charge in [-0.1, -0.05) is 35.9 Å². The van der Waals surface area contributed by atoms with Crippen molar-refractivity contribution in [3.8, 4) is 23.3 Å². The molecule has 0 spiro atoms. The van der Waals surface area contributed by atoms with Crippen molar-refractivity contribution in [2.75, 3.05) is 72.6 Å². The molecule has 1 aromatic heterocycles. The Morgan fingerprint density at radius 2 is 1.72 bits per heavy atom. The number of carbonyl (C=O) groups excluding carboxylic acids is 1. The van der Waals surface area contributed by atoms with E-state index >= 15 is 0 Å². The van der Waals surface area contributed by atoms with Crippen LogP contribution >= 0.6 is 11.6 Å². The minimum Gasteiger partial charge on any atom is -0.493 e. The Morgan fingerprint density at radius 3 is 2.40 bits per heavy atom. The standard InChI is InChI=1S/C38H45ClN6O5/c1-47-33-24-27(25-34(48-2)35(33)49-3)36(46)44-20-15-38(26-44,28-8-10-29(39)11-9-28)14-19-43-17-12-30(13-18-43)41-37-42-31-6-4-5-7-32(31)45(37)21-23-50-22-16-40/h4-11,24-25,30H,12-15,17-23,26H2,1-3H3,(H,41,42). The number of aromatic nitrogens is 2. The first-order chi connectivity index (χ1) is 24.4. The van der Waals surface area contributed by atoms with E-state index in [0.29, 0.717) is 60.1 Å². The molecular formula is C38H45ClN6O5. The van der Waals surface area contributed by atoms with Gasteiger partial charge in [0.05, 0.1) is 45.0 Å². The van der Waals surface area contributed by atoms with Crippen molar-refractivity contribution in [3.05, 3.63) is 76.8 Å². The summed E-state index contributed by atoms with van der Waals surface area (Å²) in [6.45, 7) is 5.26. The number of para-hydroxylation sites is 2. The van der Waals surface area contributed by atoms with Gasteiger partial charge in [0.1, 0.15) is 6.61 Å². The van der Waals surface area contributed by atoms with Gasteiger partial charge in [-0.15, -0.1) is 0 Å². The number of hydrogen-bond donors (Lipinski definition) is 1. The molecule has 0 radical (unpaired) electrons. The Labute approximate surface area is 298 Å². The van der Waals surface area contributed by atoms with Crippen LogP contribution in [0.4, 0.5) is 5.95 Å². The van der Waals surface area contributed by atoms with Crippen molar-refractivity contribution in [3.63, 3.8) is 0 Å². The minimum absolute atomic E-state index is 0.0605. The monoisotopic (exact) mass is 700 g/mol. The Balaban J connectivity index is 1.11. The van der Waals surface area contributed by atoms with Gasteiger partial charge in [0.2, 0.25) is 11.7 Å². The van der Waals surface area contributed by atoms with Gasteiger partial charge in [-0.05, 0) is 74.2 Å². The van der Waals surface area contributed by atoms with Crippen LogP contribution in [0.15, 0.2) is 60.7 Å². The molecule has 12 heteroatoms. The fourth-order valence-corrected chi connectivity index (χ4v) is 7.49. The number of imidazole rings is 1. The van der Waals surface area contributed by atoms with Crippen LogP contribution in [0, 0.1) is 11.3 Å². The topological polar surface area (TPSA) is 114 Å². The summed E-state index contributed by atoms with van der Waals surface area (Å²) in [4.78, 5) is 23.3. The molecule has 6 rings (SSSR count). The number of fused-ring (bicyclic) bond motifs is 1. The zero-order chi connectivity index (χ0) is 35.1. The smallest absolute Gasteiger partial charge is 0.254 e. The first kappa shape index (κ1) is 35.3. The second kappa shape index (κ2) is 16.0. The van der Waals surface area contributed by atoms with Gasteiger partial charge in [-0.3, -0.25) is 4.79 Å². The Kier molecular flexibility index (Phi) is 11.3. The number of halogens is 1. The molecule has 1 N–H and O–H groups in total. The zero-order valence-corrected chi connectivity index (χ0v) is 29.7. The molecule has 3 aromatic carbocycles. The van der Waals surface area contributed by atoms with E-state index in [1.54, 1.807) is 33.5 Å². The van der Waals surface area contributed by atoms with Crippen LogP contribution in [0.5, 0.6) is 17.2 Å². The Morgan fingerprint density at radius 1 is 1.00 bits per heavy atom. The number of nitriles is 1. The molecule has 11 nitrogen and oxygen atoms in total. The van der Waals surface area contributed by atoms with Crippen molar-refractivity contribution in [1.82, 2.24) is 19.4 Å². The van der Waals surface area contributed by atoms with E-state index in [1.165, 1.54) is 5.56 Å².